The highest BCUT2D eigenvalue weighted by Crippen LogP contribution is 2.10. The molecule has 0 amide bonds. The van der Waals surface area contributed by atoms with Crippen molar-refractivity contribution in [1.82, 2.24) is 4.57 Å². The van der Waals surface area contributed by atoms with E-state index < -0.39 is 11.8 Å². The molecule has 0 fully saturated rings. The van der Waals surface area contributed by atoms with Gasteiger partial charge < -0.3 is 14.4 Å². The fourth-order valence-corrected chi connectivity index (χ4v) is 1.08. The van der Waals surface area contributed by atoms with Gasteiger partial charge in [-0.3, -0.25) is 4.79 Å². The van der Waals surface area contributed by atoms with E-state index in [0.29, 0.717) is 5.69 Å². The highest BCUT2D eigenvalue weighted by Gasteiger charge is 2.13. The molecule has 0 radical (unpaired) electrons. The zero-order valence-electron chi connectivity index (χ0n) is 8.43. The molecule has 0 aliphatic heterocycles. The smallest absolute Gasteiger partial charge is 0.378 e. The molecule has 0 aliphatic carbocycles. The summed E-state index contributed by atoms with van der Waals surface area (Å²) in [4.78, 5) is 21.8. The number of carbonyl (C=O) groups is 2. The van der Waals surface area contributed by atoms with Crippen molar-refractivity contribution in [3.05, 3.63) is 30.1 Å². The Morgan fingerprint density at radius 3 is 2.67 bits per heavy atom. The molecule has 0 spiro atoms. The van der Waals surface area contributed by atoms with Gasteiger partial charge in [0.1, 0.15) is 5.76 Å². The van der Waals surface area contributed by atoms with Crippen molar-refractivity contribution in [3.63, 3.8) is 0 Å². The molecule has 80 valence electrons. The van der Waals surface area contributed by atoms with E-state index in [9.17, 15) is 14.7 Å². The Bertz CT molecular complexity index is 417. The van der Waals surface area contributed by atoms with Crippen LogP contribution in [-0.4, -0.2) is 28.5 Å². The zero-order valence-corrected chi connectivity index (χ0v) is 8.43. The molecule has 1 rings (SSSR count). The molecule has 5 nitrogen and oxygen atoms in total. The van der Waals surface area contributed by atoms with Gasteiger partial charge in [0.15, 0.2) is 0 Å². The summed E-state index contributed by atoms with van der Waals surface area (Å²) in [5, 5.41) is 9.52. The van der Waals surface area contributed by atoms with Gasteiger partial charge in [-0.1, -0.05) is 0 Å². The van der Waals surface area contributed by atoms with E-state index in [1.807, 2.05) is 0 Å². The van der Waals surface area contributed by atoms with Crippen LogP contribution in [0.4, 0.5) is 0 Å². The van der Waals surface area contributed by atoms with Crippen LogP contribution in [0.25, 0.3) is 5.76 Å². The number of esters is 1. The lowest BCUT2D eigenvalue weighted by atomic mass is 10.2. The second-order valence-corrected chi connectivity index (χ2v) is 2.89. The second kappa shape index (κ2) is 4.45. The van der Waals surface area contributed by atoms with E-state index in [1.54, 1.807) is 29.9 Å². The summed E-state index contributed by atoms with van der Waals surface area (Å²) in [5.74, 6) is -2.16. The van der Waals surface area contributed by atoms with Gasteiger partial charge in [0, 0.05) is 19.3 Å². The molecule has 0 aromatic carbocycles. The maximum Gasteiger partial charge on any atom is 0.378 e. The number of nitrogens with zero attached hydrogens (tertiary/aromatic N) is 1. The number of carbonyl (C=O) groups excluding carboxylic acids is 2. The minimum Gasteiger partial charge on any atom is -0.506 e. The van der Waals surface area contributed by atoms with Crippen LogP contribution in [0.1, 0.15) is 5.69 Å². The van der Waals surface area contributed by atoms with E-state index in [1.165, 1.54) is 0 Å². The molecular formula is C10H11NO4. The van der Waals surface area contributed by atoms with Crippen molar-refractivity contribution in [3.8, 4) is 0 Å². The first-order valence-electron chi connectivity index (χ1n) is 4.21. The Labute approximate surface area is 86.6 Å². The number of aliphatic hydroxyl groups excluding tert-OH is 1. The molecule has 0 aliphatic rings. The van der Waals surface area contributed by atoms with Crippen molar-refractivity contribution in [2.45, 2.75) is 0 Å². The first kappa shape index (κ1) is 11.0. The van der Waals surface area contributed by atoms with Crippen LogP contribution < -0.4 is 0 Å². The van der Waals surface area contributed by atoms with E-state index in [4.69, 9.17) is 0 Å². The summed E-state index contributed by atoms with van der Waals surface area (Å²) < 4.78 is 5.83. The Balaban J connectivity index is 2.90. The van der Waals surface area contributed by atoms with Crippen LogP contribution in [0.5, 0.6) is 0 Å². The molecule has 15 heavy (non-hydrogen) atoms. The summed E-state index contributed by atoms with van der Waals surface area (Å²) in [6.45, 7) is 0. The number of hydrogen-bond donors (Lipinski definition) is 1. The standard InChI is InChI=1S/C10H11NO4/c1-11-5-3-4-7(11)8(12)6-9(13)10(14)15-2/h3-6,12H,1-2H3. The van der Waals surface area contributed by atoms with Gasteiger partial charge in [0.25, 0.3) is 5.78 Å². The van der Waals surface area contributed by atoms with Crippen molar-refractivity contribution in [2.24, 2.45) is 7.05 Å². The SMILES string of the molecule is COC(=O)C(=O)C=C(O)c1cccn1C. The van der Waals surface area contributed by atoms with Crippen LogP contribution in [0.2, 0.25) is 0 Å². The van der Waals surface area contributed by atoms with Gasteiger partial charge in [-0.25, -0.2) is 4.79 Å². The van der Waals surface area contributed by atoms with E-state index in [-0.39, 0.29) is 5.76 Å². The van der Waals surface area contributed by atoms with E-state index in [0.717, 1.165) is 13.2 Å². The first-order chi connectivity index (χ1) is 7.06. The second-order valence-electron chi connectivity index (χ2n) is 2.89. The van der Waals surface area contributed by atoms with Crippen LogP contribution in [0, 0.1) is 0 Å². The Morgan fingerprint density at radius 1 is 1.53 bits per heavy atom. The minimum absolute atomic E-state index is 0.266. The highest BCUT2D eigenvalue weighted by molar-refractivity contribution is 6.39. The third-order valence-electron chi connectivity index (χ3n) is 1.86. The maximum atomic E-state index is 11.1. The van der Waals surface area contributed by atoms with Gasteiger partial charge >= 0.3 is 5.97 Å². The normalized spacial score (nSPS) is 11.2. The molecule has 0 saturated carbocycles. The van der Waals surface area contributed by atoms with Crippen LogP contribution in [0.3, 0.4) is 0 Å². The molecule has 0 atom stereocenters. The third kappa shape index (κ3) is 2.46. The molecule has 5 heteroatoms. The number of aryl methyl sites for hydroxylation is 1. The number of aliphatic hydroxyl groups is 1. The largest absolute Gasteiger partial charge is 0.506 e. The summed E-state index contributed by atoms with van der Waals surface area (Å²) in [6, 6.07) is 3.33. The zero-order chi connectivity index (χ0) is 11.4. The number of methoxy groups -OCH3 is 1. The van der Waals surface area contributed by atoms with Gasteiger partial charge in [-0.2, -0.15) is 0 Å². The van der Waals surface area contributed by atoms with Gasteiger partial charge in [-0.15, -0.1) is 0 Å². The first-order valence-corrected chi connectivity index (χ1v) is 4.21. The van der Waals surface area contributed by atoms with Crippen molar-refractivity contribution < 1.29 is 19.4 Å². The molecule has 0 unspecified atom stereocenters. The Morgan fingerprint density at radius 2 is 2.20 bits per heavy atom. The Kier molecular flexibility index (Phi) is 3.28. The lowest BCUT2D eigenvalue weighted by Crippen LogP contribution is -2.13. The predicted octanol–water partition coefficient (Wildman–Crippen LogP) is 0.666. The molecule has 0 bridgehead atoms. The number of aromatic nitrogens is 1. The lowest BCUT2D eigenvalue weighted by Gasteiger charge is -2.01. The number of hydrogen-bond acceptors (Lipinski definition) is 4. The number of ether oxygens (including phenoxy) is 1. The van der Waals surface area contributed by atoms with Crippen LogP contribution in [-0.2, 0) is 21.4 Å². The fraction of sp³-hybridized carbons (Fsp3) is 0.200. The number of ketones is 1. The average Bonchev–Trinajstić information content (AvgIpc) is 2.63. The fourth-order valence-electron chi connectivity index (χ4n) is 1.08. The summed E-state index contributed by atoms with van der Waals surface area (Å²) in [7, 11) is 2.82. The topological polar surface area (TPSA) is 68.5 Å². The quantitative estimate of drug-likeness (QED) is 0.344. The van der Waals surface area contributed by atoms with Crippen molar-refractivity contribution >= 4 is 17.5 Å². The average molecular weight is 209 g/mol. The van der Waals surface area contributed by atoms with Gasteiger partial charge in [0.2, 0.25) is 0 Å². The molecular weight excluding hydrogens is 198 g/mol. The molecule has 0 saturated heterocycles. The summed E-state index contributed by atoms with van der Waals surface area (Å²) >= 11 is 0. The van der Waals surface area contributed by atoms with Gasteiger partial charge in [0.05, 0.1) is 12.8 Å². The predicted molar refractivity (Wildman–Crippen MR) is 53.0 cm³/mol. The Hall–Kier alpha value is -2.04. The third-order valence-corrected chi connectivity index (χ3v) is 1.86. The molecule has 1 aromatic heterocycles. The van der Waals surface area contributed by atoms with E-state index in [2.05, 4.69) is 4.74 Å². The number of rotatable bonds is 3. The monoisotopic (exact) mass is 209 g/mol. The summed E-state index contributed by atoms with van der Waals surface area (Å²) in [5.41, 5.74) is 0.451. The molecule has 1 heterocycles. The van der Waals surface area contributed by atoms with Crippen molar-refractivity contribution in [1.29, 1.82) is 0 Å². The van der Waals surface area contributed by atoms with Crippen LogP contribution in [0.15, 0.2) is 24.4 Å². The molecule has 1 N–H and O–H groups in total. The lowest BCUT2D eigenvalue weighted by molar-refractivity contribution is -0.149. The van der Waals surface area contributed by atoms with Crippen molar-refractivity contribution in [2.75, 3.05) is 7.11 Å². The maximum absolute atomic E-state index is 11.1. The van der Waals surface area contributed by atoms with Gasteiger partial charge in [-0.05, 0) is 12.1 Å². The summed E-state index contributed by atoms with van der Waals surface area (Å²) in [6.07, 6.45) is 2.54. The van der Waals surface area contributed by atoms with E-state index >= 15 is 0 Å². The minimum atomic E-state index is -1.00. The highest BCUT2D eigenvalue weighted by atomic mass is 16.5. The molecule has 1 aromatic rings. The van der Waals surface area contributed by atoms with Crippen LogP contribution >= 0.6 is 0 Å².